The molecule has 0 unspecified atom stereocenters. The van der Waals surface area contributed by atoms with Crippen molar-refractivity contribution in [2.24, 2.45) is 0 Å². The molecule has 0 bridgehead atoms. The van der Waals surface area contributed by atoms with E-state index in [0.29, 0.717) is 5.39 Å². The molecule has 8 heteroatoms. The number of fused-ring (bicyclic) bond motifs is 1. The Kier molecular flexibility index (Phi) is 3.59. The summed E-state index contributed by atoms with van der Waals surface area (Å²) in [6, 6.07) is 9.09. The Bertz CT molecular complexity index is 991. The smallest absolute Gasteiger partial charge is 0.416 e. The molecule has 3 aromatic rings. The van der Waals surface area contributed by atoms with Crippen LogP contribution in [0.3, 0.4) is 0 Å². The average Bonchev–Trinajstić information content (AvgIpc) is 2.53. The second-order valence-corrected chi connectivity index (χ2v) is 5.00. The average molecular weight is 335 g/mol. The molecule has 5 nitrogen and oxygen atoms in total. The molecule has 1 heterocycles. The predicted octanol–water partition coefficient (Wildman–Crippen LogP) is 4.39. The molecule has 3 rings (SSSR count). The zero-order valence-electron chi connectivity index (χ0n) is 11.8. The van der Waals surface area contributed by atoms with Gasteiger partial charge in [-0.05, 0) is 29.8 Å². The maximum absolute atomic E-state index is 12.6. The van der Waals surface area contributed by atoms with Gasteiger partial charge in [0.1, 0.15) is 5.58 Å². The van der Waals surface area contributed by atoms with Crippen molar-refractivity contribution in [3.05, 3.63) is 74.6 Å². The molecular formula is C16H8F3NO4. The maximum atomic E-state index is 12.6. The predicted molar refractivity (Wildman–Crippen MR) is 79.6 cm³/mol. The first-order chi connectivity index (χ1) is 11.3. The van der Waals surface area contributed by atoms with Crippen LogP contribution in [0.4, 0.5) is 18.9 Å². The van der Waals surface area contributed by atoms with Crippen LogP contribution >= 0.6 is 0 Å². The molecule has 0 aliphatic carbocycles. The molecule has 0 atom stereocenters. The number of halogens is 3. The monoisotopic (exact) mass is 335 g/mol. The summed E-state index contributed by atoms with van der Waals surface area (Å²) in [4.78, 5) is 22.2. The molecular weight excluding hydrogens is 327 g/mol. The SMILES string of the molecule is O=c1oc2ccc([N+](=O)[O-])cc2cc1-c1ccc(C(F)(F)F)cc1. The van der Waals surface area contributed by atoms with E-state index >= 15 is 0 Å². The number of non-ortho nitro benzene ring substituents is 1. The number of nitrogens with zero attached hydrogens (tertiary/aromatic N) is 1. The van der Waals surface area contributed by atoms with Crippen molar-refractivity contribution in [3.63, 3.8) is 0 Å². The third-order valence-corrected chi connectivity index (χ3v) is 3.45. The molecule has 0 N–H and O–H groups in total. The van der Waals surface area contributed by atoms with Gasteiger partial charge in [-0.1, -0.05) is 12.1 Å². The third kappa shape index (κ3) is 2.85. The normalized spacial score (nSPS) is 11.6. The summed E-state index contributed by atoms with van der Waals surface area (Å²) in [5.41, 5.74) is -1.36. The lowest BCUT2D eigenvalue weighted by Gasteiger charge is -2.07. The van der Waals surface area contributed by atoms with Crippen molar-refractivity contribution in [2.45, 2.75) is 6.18 Å². The van der Waals surface area contributed by atoms with Crippen LogP contribution in [0.15, 0.2) is 57.7 Å². The van der Waals surface area contributed by atoms with E-state index in [1.54, 1.807) is 0 Å². The van der Waals surface area contributed by atoms with E-state index in [0.717, 1.165) is 24.3 Å². The summed E-state index contributed by atoms with van der Waals surface area (Å²) in [5.74, 6) is 0. The number of hydrogen-bond acceptors (Lipinski definition) is 4. The van der Waals surface area contributed by atoms with Crippen LogP contribution in [0, 0.1) is 10.1 Å². The summed E-state index contributed by atoms with van der Waals surface area (Å²) in [5, 5.41) is 11.1. The highest BCUT2D eigenvalue weighted by molar-refractivity contribution is 5.83. The summed E-state index contributed by atoms with van der Waals surface area (Å²) < 4.78 is 42.8. The van der Waals surface area contributed by atoms with Gasteiger partial charge in [0, 0.05) is 17.5 Å². The fourth-order valence-electron chi connectivity index (χ4n) is 2.26. The zero-order valence-corrected chi connectivity index (χ0v) is 11.8. The van der Waals surface area contributed by atoms with Crippen molar-refractivity contribution in [3.8, 4) is 11.1 Å². The van der Waals surface area contributed by atoms with Crippen LogP contribution in [-0.4, -0.2) is 4.92 Å². The Morgan fingerprint density at radius 3 is 2.25 bits per heavy atom. The Morgan fingerprint density at radius 2 is 1.67 bits per heavy atom. The van der Waals surface area contributed by atoms with Gasteiger partial charge in [-0.3, -0.25) is 10.1 Å². The number of nitro benzene ring substituents is 1. The lowest BCUT2D eigenvalue weighted by Crippen LogP contribution is -2.06. The van der Waals surface area contributed by atoms with Gasteiger partial charge in [-0.25, -0.2) is 4.79 Å². The van der Waals surface area contributed by atoms with Gasteiger partial charge >= 0.3 is 11.8 Å². The molecule has 0 aliphatic heterocycles. The Hall–Kier alpha value is -3.16. The number of hydrogen-bond donors (Lipinski definition) is 0. The number of alkyl halides is 3. The fourth-order valence-corrected chi connectivity index (χ4v) is 2.26. The van der Waals surface area contributed by atoms with E-state index in [2.05, 4.69) is 0 Å². The van der Waals surface area contributed by atoms with Gasteiger partial charge in [0.25, 0.3) is 5.69 Å². The lowest BCUT2D eigenvalue weighted by molar-refractivity contribution is -0.384. The molecule has 1 aromatic heterocycles. The number of benzene rings is 2. The Balaban J connectivity index is 2.13. The van der Waals surface area contributed by atoms with Crippen molar-refractivity contribution < 1.29 is 22.5 Å². The van der Waals surface area contributed by atoms with Crippen LogP contribution in [-0.2, 0) is 6.18 Å². The minimum atomic E-state index is -4.48. The summed E-state index contributed by atoms with van der Waals surface area (Å²) >= 11 is 0. The van der Waals surface area contributed by atoms with E-state index in [-0.39, 0.29) is 22.4 Å². The van der Waals surface area contributed by atoms with Gasteiger partial charge in [0.05, 0.1) is 16.1 Å². The summed E-state index contributed by atoms with van der Waals surface area (Å²) in [6.07, 6.45) is -4.48. The summed E-state index contributed by atoms with van der Waals surface area (Å²) in [6.45, 7) is 0. The van der Waals surface area contributed by atoms with Crippen LogP contribution < -0.4 is 5.63 Å². The van der Waals surface area contributed by atoms with Gasteiger partial charge in [0.2, 0.25) is 0 Å². The first-order valence-corrected chi connectivity index (χ1v) is 6.65. The topological polar surface area (TPSA) is 73.3 Å². The fraction of sp³-hybridized carbons (Fsp3) is 0.0625. The first kappa shape index (κ1) is 15.7. The first-order valence-electron chi connectivity index (χ1n) is 6.65. The molecule has 0 aliphatic rings. The Morgan fingerprint density at radius 1 is 1.00 bits per heavy atom. The molecule has 2 aromatic carbocycles. The van der Waals surface area contributed by atoms with Crippen LogP contribution in [0.2, 0.25) is 0 Å². The molecule has 0 spiro atoms. The van der Waals surface area contributed by atoms with Crippen LogP contribution in [0.1, 0.15) is 5.56 Å². The van der Waals surface area contributed by atoms with Gasteiger partial charge in [0.15, 0.2) is 0 Å². The summed E-state index contributed by atoms with van der Waals surface area (Å²) in [7, 11) is 0. The molecule has 0 saturated heterocycles. The van der Waals surface area contributed by atoms with Crippen LogP contribution in [0.5, 0.6) is 0 Å². The van der Waals surface area contributed by atoms with E-state index in [9.17, 15) is 28.1 Å². The molecule has 122 valence electrons. The van der Waals surface area contributed by atoms with Crippen molar-refractivity contribution in [1.29, 1.82) is 0 Å². The van der Waals surface area contributed by atoms with E-state index in [4.69, 9.17) is 4.42 Å². The third-order valence-electron chi connectivity index (χ3n) is 3.45. The second-order valence-electron chi connectivity index (χ2n) is 5.00. The number of rotatable bonds is 2. The molecule has 0 amide bonds. The largest absolute Gasteiger partial charge is 0.422 e. The van der Waals surface area contributed by atoms with Gasteiger partial charge in [-0.2, -0.15) is 13.2 Å². The van der Waals surface area contributed by atoms with Crippen molar-refractivity contribution in [1.82, 2.24) is 0 Å². The zero-order chi connectivity index (χ0) is 17.5. The number of nitro groups is 1. The van der Waals surface area contributed by atoms with Gasteiger partial charge < -0.3 is 4.42 Å². The quantitative estimate of drug-likeness (QED) is 0.395. The maximum Gasteiger partial charge on any atom is 0.416 e. The van der Waals surface area contributed by atoms with E-state index < -0.39 is 22.3 Å². The molecule has 0 radical (unpaired) electrons. The minimum Gasteiger partial charge on any atom is -0.422 e. The highest BCUT2D eigenvalue weighted by Crippen LogP contribution is 2.31. The highest BCUT2D eigenvalue weighted by Gasteiger charge is 2.30. The Labute approximate surface area is 132 Å². The second kappa shape index (κ2) is 5.48. The van der Waals surface area contributed by atoms with Crippen LogP contribution in [0.25, 0.3) is 22.1 Å². The van der Waals surface area contributed by atoms with Crippen molar-refractivity contribution in [2.75, 3.05) is 0 Å². The lowest BCUT2D eigenvalue weighted by atomic mass is 10.0. The van der Waals surface area contributed by atoms with Crippen molar-refractivity contribution >= 4 is 16.7 Å². The van der Waals surface area contributed by atoms with E-state index in [1.165, 1.54) is 24.3 Å². The standard InChI is InChI=1S/C16H8F3NO4/c17-16(18,19)11-3-1-9(2-4-11)13-8-10-7-12(20(22)23)5-6-14(10)24-15(13)21/h1-8H. The van der Waals surface area contributed by atoms with Gasteiger partial charge in [-0.15, -0.1) is 0 Å². The molecule has 24 heavy (non-hydrogen) atoms. The highest BCUT2D eigenvalue weighted by atomic mass is 19.4. The minimum absolute atomic E-state index is 0.0247. The molecule has 0 saturated carbocycles. The molecule has 0 fully saturated rings. The van der Waals surface area contributed by atoms with E-state index in [1.807, 2.05) is 0 Å².